The van der Waals surface area contributed by atoms with Crippen LogP contribution in [-0.2, 0) is 0 Å². The van der Waals surface area contributed by atoms with E-state index in [1.165, 1.54) is 32.1 Å². The van der Waals surface area contributed by atoms with Crippen molar-refractivity contribution in [2.24, 2.45) is 0 Å². The summed E-state index contributed by atoms with van der Waals surface area (Å²) < 4.78 is -0.0617. The minimum atomic E-state index is -0.0617. The second-order valence-electron chi connectivity index (χ2n) is 4.34. The molecule has 14 heavy (non-hydrogen) atoms. The van der Waals surface area contributed by atoms with Gasteiger partial charge in [0, 0.05) is 6.42 Å². The molecule has 2 nitrogen and oxygen atoms in total. The molecular weight excluding hydrogens is 174 g/mol. The molecule has 1 aliphatic heterocycles. The highest BCUT2D eigenvalue weighted by atomic mass is 16.5. The first kappa shape index (κ1) is 11.7. The van der Waals surface area contributed by atoms with Crippen LogP contribution in [0.15, 0.2) is 12.3 Å². The molecule has 0 bridgehead atoms. The van der Waals surface area contributed by atoms with Gasteiger partial charge in [0.05, 0.1) is 19.3 Å². The molecule has 1 rings (SSSR count). The summed E-state index contributed by atoms with van der Waals surface area (Å²) in [6.07, 6.45) is 12.4. The van der Waals surface area contributed by atoms with Gasteiger partial charge in [-0.2, -0.15) is 0 Å². The molecule has 0 saturated carbocycles. The van der Waals surface area contributed by atoms with Gasteiger partial charge in [-0.25, -0.2) is 0 Å². The molecule has 1 atom stereocenters. The summed E-state index contributed by atoms with van der Waals surface area (Å²) in [7, 11) is 0. The molecule has 0 amide bonds. The van der Waals surface area contributed by atoms with Crippen molar-refractivity contribution in [3.63, 3.8) is 0 Å². The van der Waals surface area contributed by atoms with Crippen molar-refractivity contribution in [2.75, 3.05) is 13.1 Å². The first-order chi connectivity index (χ1) is 6.77. The zero-order chi connectivity index (χ0) is 10.3. The summed E-state index contributed by atoms with van der Waals surface area (Å²) in [6, 6.07) is 0. The van der Waals surface area contributed by atoms with Crippen molar-refractivity contribution >= 4 is 0 Å². The van der Waals surface area contributed by atoms with Gasteiger partial charge in [0.15, 0.2) is 0 Å². The highest BCUT2D eigenvalue weighted by Crippen LogP contribution is 2.17. The van der Waals surface area contributed by atoms with Gasteiger partial charge in [-0.15, -0.1) is 0 Å². The van der Waals surface area contributed by atoms with E-state index >= 15 is 0 Å². The Morgan fingerprint density at radius 3 is 2.50 bits per heavy atom. The Bertz CT molecular complexity index is 179. The molecule has 82 valence electrons. The Morgan fingerprint density at radius 1 is 1.14 bits per heavy atom. The summed E-state index contributed by atoms with van der Waals surface area (Å²) in [4.78, 5) is 0. The Hall–Kier alpha value is -0.340. The van der Waals surface area contributed by atoms with Crippen molar-refractivity contribution in [1.29, 1.82) is 0 Å². The van der Waals surface area contributed by atoms with Crippen molar-refractivity contribution in [2.45, 2.75) is 51.9 Å². The van der Waals surface area contributed by atoms with Gasteiger partial charge in [-0.3, -0.25) is 0 Å². The van der Waals surface area contributed by atoms with Crippen LogP contribution in [0.1, 0.15) is 51.9 Å². The minimum Gasteiger partial charge on any atom is -0.628 e. The molecule has 1 aliphatic rings. The lowest BCUT2D eigenvalue weighted by atomic mass is 10.1. The quantitative estimate of drug-likeness (QED) is 0.347. The van der Waals surface area contributed by atoms with Crippen molar-refractivity contribution < 1.29 is 4.65 Å². The molecule has 1 unspecified atom stereocenters. The first-order valence-corrected chi connectivity index (χ1v) is 6.02. The van der Waals surface area contributed by atoms with Gasteiger partial charge in [0.25, 0.3) is 0 Å². The number of rotatable bonds is 7. The lowest BCUT2D eigenvalue weighted by Crippen LogP contribution is -2.34. The average Bonchev–Trinajstić information content (AvgIpc) is 2.59. The fourth-order valence-electron chi connectivity index (χ4n) is 1.98. The number of quaternary nitrogens is 1. The van der Waals surface area contributed by atoms with E-state index in [0.29, 0.717) is 0 Å². The summed E-state index contributed by atoms with van der Waals surface area (Å²) in [6.45, 7) is 3.80. The second kappa shape index (κ2) is 6.20. The van der Waals surface area contributed by atoms with E-state index < -0.39 is 0 Å². The maximum Gasteiger partial charge on any atom is 0.0920 e. The standard InChI is InChI=1S/C12H23NO/c1-2-3-4-5-6-7-10-13(14)11-8-9-12-13/h8,11H,2-7,9-10,12H2,1H3. The SMILES string of the molecule is CCCCCCCC[N+]1([O-])C=CCC1. The largest absolute Gasteiger partial charge is 0.628 e. The Labute approximate surface area is 87.8 Å². The van der Waals surface area contributed by atoms with Crippen LogP contribution in [0.4, 0.5) is 0 Å². The normalized spacial score (nSPS) is 25.9. The third kappa shape index (κ3) is 4.25. The lowest BCUT2D eigenvalue weighted by Gasteiger charge is -2.35. The maximum atomic E-state index is 11.8. The zero-order valence-electron chi connectivity index (χ0n) is 9.37. The van der Waals surface area contributed by atoms with Crippen LogP contribution in [0.25, 0.3) is 0 Å². The number of nitrogens with zero attached hydrogens (tertiary/aromatic N) is 1. The van der Waals surface area contributed by atoms with E-state index in [2.05, 4.69) is 6.92 Å². The van der Waals surface area contributed by atoms with E-state index in [1.54, 1.807) is 0 Å². The van der Waals surface area contributed by atoms with E-state index in [9.17, 15) is 5.21 Å². The molecule has 0 aromatic carbocycles. The van der Waals surface area contributed by atoms with Crippen LogP contribution < -0.4 is 0 Å². The molecule has 0 N–H and O–H groups in total. The fraction of sp³-hybridized carbons (Fsp3) is 0.833. The molecule has 0 aliphatic carbocycles. The third-order valence-corrected chi connectivity index (χ3v) is 2.94. The van der Waals surface area contributed by atoms with Gasteiger partial charge in [-0.05, 0) is 18.9 Å². The molecule has 2 heteroatoms. The zero-order valence-corrected chi connectivity index (χ0v) is 9.37. The third-order valence-electron chi connectivity index (χ3n) is 2.94. The van der Waals surface area contributed by atoms with Crippen LogP contribution in [0, 0.1) is 5.21 Å². The van der Waals surface area contributed by atoms with Crippen molar-refractivity contribution in [3.05, 3.63) is 17.5 Å². The molecular formula is C12H23NO. The van der Waals surface area contributed by atoms with Gasteiger partial charge >= 0.3 is 0 Å². The molecule has 0 aromatic heterocycles. The van der Waals surface area contributed by atoms with Crippen LogP contribution in [0.3, 0.4) is 0 Å². The molecule has 0 radical (unpaired) electrons. The van der Waals surface area contributed by atoms with Crippen LogP contribution in [0.5, 0.6) is 0 Å². The average molecular weight is 197 g/mol. The lowest BCUT2D eigenvalue weighted by molar-refractivity contribution is -0.823. The predicted octanol–water partition coefficient (Wildman–Crippen LogP) is 3.58. The predicted molar refractivity (Wildman–Crippen MR) is 60.5 cm³/mol. The number of hydroxylamine groups is 3. The van der Waals surface area contributed by atoms with E-state index in [0.717, 1.165) is 25.9 Å². The molecule has 0 aromatic rings. The van der Waals surface area contributed by atoms with Gasteiger partial charge in [0.1, 0.15) is 0 Å². The summed E-state index contributed by atoms with van der Waals surface area (Å²) >= 11 is 0. The smallest absolute Gasteiger partial charge is 0.0920 e. The first-order valence-electron chi connectivity index (χ1n) is 6.02. The molecule has 1 heterocycles. The topological polar surface area (TPSA) is 23.1 Å². The van der Waals surface area contributed by atoms with Crippen molar-refractivity contribution in [1.82, 2.24) is 0 Å². The Morgan fingerprint density at radius 2 is 1.86 bits per heavy atom. The Kier molecular flexibility index (Phi) is 5.20. The van der Waals surface area contributed by atoms with E-state index in [1.807, 2.05) is 12.3 Å². The molecule has 0 saturated heterocycles. The van der Waals surface area contributed by atoms with Gasteiger partial charge in [0.2, 0.25) is 0 Å². The van der Waals surface area contributed by atoms with E-state index in [4.69, 9.17) is 0 Å². The van der Waals surface area contributed by atoms with Crippen LogP contribution in [0.2, 0.25) is 0 Å². The van der Waals surface area contributed by atoms with E-state index in [-0.39, 0.29) is 4.65 Å². The summed E-state index contributed by atoms with van der Waals surface area (Å²) in [5.74, 6) is 0. The van der Waals surface area contributed by atoms with Crippen LogP contribution in [-0.4, -0.2) is 17.7 Å². The minimum absolute atomic E-state index is 0.0617. The van der Waals surface area contributed by atoms with Gasteiger partial charge in [-0.1, -0.05) is 32.6 Å². The summed E-state index contributed by atoms with van der Waals surface area (Å²) in [5, 5.41) is 11.8. The number of hydrogen-bond acceptors (Lipinski definition) is 1. The highest BCUT2D eigenvalue weighted by Gasteiger charge is 2.16. The monoisotopic (exact) mass is 197 g/mol. The highest BCUT2D eigenvalue weighted by molar-refractivity contribution is 4.82. The van der Waals surface area contributed by atoms with Gasteiger partial charge < -0.3 is 9.85 Å². The number of unbranched alkanes of at least 4 members (excludes halogenated alkanes) is 5. The maximum absolute atomic E-state index is 11.8. The number of hydrogen-bond donors (Lipinski definition) is 0. The summed E-state index contributed by atoms with van der Waals surface area (Å²) in [5.41, 5.74) is 0. The molecule has 0 fully saturated rings. The molecule has 0 spiro atoms. The fourth-order valence-corrected chi connectivity index (χ4v) is 1.98. The van der Waals surface area contributed by atoms with Crippen LogP contribution >= 0.6 is 0 Å². The Balaban J connectivity index is 1.95. The van der Waals surface area contributed by atoms with Crippen molar-refractivity contribution in [3.8, 4) is 0 Å². The second-order valence-corrected chi connectivity index (χ2v) is 4.34.